The summed E-state index contributed by atoms with van der Waals surface area (Å²) in [5, 5.41) is 15.0. The van der Waals surface area contributed by atoms with E-state index in [1.54, 1.807) is 16.7 Å². The van der Waals surface area contributed by atoms with Crippen LogP contribution in [0.3, 0.4) is 0 Å². The molecule has 1 aliphatic carbocycles. The first-order valence-electron chi connectivity index (χ1n) is 8.99. The van der Waals surface area contributed by atoms with Crippen LogP contribution in [0.1, 0.15) is 40.8 Å². The van der Waals surface area contributed by atoms with Crippen LogP contribution >= 0.6 is 11.6 Å². The Bertz CT molecular complexity index is 1230. The van der Waals surface area contributed by atoms with Crippen LogP contribution in [0.2, 0.25) is 5.02 Å². The van der Waals surface area contributed by atoms with Gasteiger partial charge in [0, 0.05) is 17.7 Å². The predicted molar refractivity (Wildman–Crippen MR) is 101 cm³/mol. The Balaban J connectivity index is 1.33. The van der Waals surface area contributed by atoms with Gasteiger partial charge in [-0.05, 0) is 43.2 Å². The SMILES string of the molecule is O=C(NCc1nnc2cc(-c3nc(C4CC4)no3)ccn12)c1ccc(F)cc1Cl. The fourth-order valence-electron chi connectivity index (χ4n) is 2.98. The van der Waals surface area contributed by atoms with Crippen molar-refractivity contribution in [3.8, 4) is 11.5 Å². The molecule has 146 valence electrons. The van der Waals surface area contributed by atoms with Gasteiger partial charge in [-0.25, -0.2) is 4.39 Å². The molecule has 3 heterocycles. The molecule has 5 rings (SSSR count). The molecule has 1 N–H and O–H groups in total. The lowest BCUT2D eigenvalue weighted by molar-refractivity contribution is 0.0950. The first-order chi connectivity index (χ1) is 14.1. The van der Waals surface area contributed by atoms with Gasteiger partial charge in [-0.3, -0.25) is 9.20 Å². The molecule has 1 aliphatic rings. The molecule has 0 aliphatic heterocycles. The Kier molecular flexibility index (Phi) is 4.24. The highest BCUT2D eigenvalue weighted by molar-refractivity contribution is 6.33. The molecule has 0 unspecified atom stereocenters. The molecule has 1 fully saturated rings. The Hall–Kier alpha value is -3.33. The van der Waals surface area contributed by atoms with E-state index in [-0.39, 0.29) is 17.1 Å². The normalized spacial score (nSPS) is 13.7. The Morgan fingerprint density at radius 2 is 2.14 bits per heavy atom. The van der Waals surface area contributed by atoms with Crippen LogP contribution in [-0.2, 0) is 6.54 Å². The second-order valence-electron chi connectivity index (χ2n) is 6.80. The Morgan fingerprint density at radius 1 is 1.28 bits per heavy atom. The summed E-state index contributed by atoms with van der Waals surface area (Å²) in [4.78, 5) is 16.7. The number of amides is 1. The van der Waals surface area contributed by atoms with Gasteiger partial charge in [0.1, 0.15) is 5.82 Å². The van der Waals surface area contributed by atoms with Crippen LogP contribution in [0.4, 0.5) is 4.39 Å². The van der Waals surface area contributed by atoms with Gasteiger partial charge < -0.3 is 9.84 Å². The van der Waals surface area contributed by atoms with Gasteiger partial charge in [-0.15, -0.1) is 10.2 Å². The minimum Gasteiger partial charge on any atom is -0.345 e. The third-order valence-corrected chi connectivity index (χ3v) is 5.01. The molecule has 0 atom stereocenters. The quantitative estimate of drug-likeness (QED) is 0.539. The molecule has 10 heteroatoms. The number of aromatic nitrogens is 5. The van der Waals surface area contributed by atoms with Crippen LogP contribution in [-0.4, -0.2) is 30.6 Å². The molecule has 0 bridgehead atoms. The topological polar surface area (TPSA) is 98.2 Å². The van der Waals surface area contributed by atoms with Crippen LogP contribution in [0.15, 0.2) is 41.1 Å². The standard InChI is InChI=1S/C19H14ClFN6O2/c20-14-8-12(21)3-4-13(14)18(28)22-9-16-25-24-15-7-11(5-6-27(15)16)19-23-17(26-29-19)10-1-2-10/h3-8,10H,1-2,9H2,(H,22,28). The highest BCUT2D eigenvalue weighted by Crippen LogP contribution is 2.38. The molecular formula is C19H14ClFN6O2. The van der Waals surface area contributed by atoms with E-state index in [1.807, 2.05) is 6.07 Å². The lowest BCUT2D eigenvalue weighted by Crippen LogP contribution is -2.24. The maximum absolute atomic E-state index is 13.1. The predicted octanol–water partition coefficient (Wildman–Crippen LogP) is 3.38. The Morgan fingerprint density at radius 3 is 2.93 bits per heavy atom. The maximum atomic E-state index is 13.1. The van der Waals surface area contributed by atoms with Gasteiger partial charge >= 0.3 is 0 Å². The zero-order valence-electron chi connectivity index (χ0n) is 15.0. The van der Waals surface area contributed by atoms with Gasteiger partial charge in [0.25, 0.3) is 11.8 Å². The summed E-state index contributed by atoms with van der Waals surface area (Å²) in [6, 6.07) is 7.22. The van der Waals surface area contributed by atoms with Crippen LogP contribution in [0, 0.1) is 5.82 Å². The number of benzene rings is 1. The van der Waals surface area contributed by atoms with E-state index in [4.69, 9.17) is 16.1 Å². The smallest absolute Gasteiger partial charge is 0.258 e. The van der Waals surface area contributed by atoms with E-state index in [9.17, 15) is 9.18 Å². The maximum Gasteiger partial charge on any atom is 0.258 e. The Labute approximate surface area is 168 Å². The van der Waals surface area contributed by atoms with Crippen molar-refractivity contribution in [2.45, 2.75) is 25.3 Å². The molecule has 0 spiro atoms. The molecule has 1 amide bonds. The van der Waals surface area contributed by atoms with Gasteiger partial charge in [0.2, 0.25) is 0 Å². The summed E-state index contributed by atoms with van der Waals surface area (Å²) >= 11 is 5.93. The molecule has 1 saturated carbocycles. The van der Waals surface area contributed by atoms with Crippen molar-refractivity contribution >= 4 is 23.2 Å². The zero-order chi connectivity index (χ0) is 20.0. The van der Waals surface area contributed by atoms with Gasteiger partial charge in [0.05, 0.1) is 17.1 Å². The minimum atomic E-state index is -0.503. The molecule has 8 nitrogen and oxygen atoms in total. The van der Waals surface area contributed by atoms with Crippen molar-refractivity contribution in [3.05, 3.63) is 64.6 Å². The number of halogens is 2. The van der Waals surface area contributed by atoms with Crippen molar-refractivity contribution in [2.75, 3.05) is 0 Å². The summed E-state index contributed by atoms with van der Waals surface area (Å²) in [5.74, 6) is 1.19. The number of rotatable bonds is 5. The van der Waals surface area contributed by atoms with Crippen molar-refractivity contribution in [2.24, 2.45) is 0 Å². The monoisotopic (exact) mass is 412 g/mol. The first kappa shape index (κ1) is 17.7. The minimum absolute atomic E-state index is 0.0448. The molecule has 3 aromatic heterocycles. The van der Waals surface area contributed by atoms with E-state index in [0.717, 1.165) is 30.3 Å². The van der Waals surface area contributed by atoms with Gasteiger partial charge in [-0.1, -0.05) is 16.8 Å². The fourth-order valence-corrected chi connectivity index (χ4v) is 3.23. The number of carbonyl (C=O) groups is 1. The van der Waals surface area contributed by atoms with Crippen molar-refractivity contribution in [3.63, 3.8) is 0 Å². The molecule has 0 radical (unpaired) electrons. The summed E-state index contributed by atoms with van der Waals surface area (Å²) in [6.45, 7) is 0.124. The number of fused-ring (bicyclic) bond motifs is 1. The number of pyridine rings is 1. The second kappa shape index (κ2) is 6.93. The summed E-state index contributed by atoms with van der Waals surface area (Å²) in [5.41, 5.74) is 1.52. The van der Waals surface area contributed by atoms with Crippen molar-refractivity contribution in [1.29, 1.82) is 0 Å². The first-order valence-corrected chi connectivity index (χ1v) is 9.37. The second-order valence-corrected chi connectivity index (χ2v) is 7.21. The van der Waals surface area contributed by atoms with E-state index in [2.05, 4.69) is 25.7 Å². The molecular weight excluding hydrogens is 399 g/mol. The van der Waals surface area contributed by atoms with E-state index >= 15 is 0 Å². The number of hydrogen-bond acceptors (Lipinski definition) is 6. The van der Waals surface area contributed by atoms with Gasteiger partial charge in [0.15, 0.2) is 17.3 Å². The van der Waals surface area contributed by atoms with Crippen LogP contribution < -0.4 is 5.32 Å². The lowest BCUT2D eigenvalue weighted by Gasteiger charge is -2.06. The third-order valence-electron chi connectivity index (χ3n) is 4.69. The highest BCUT2D eigenvalue weighted by atomic mass is 35.5. The van der Waals surface area contributed by atoms with Crippen LogP contribution in [0.25, 0.3) is 17.1 Å². The number of hydrogen-bond donors (Lipinski definition) is 1. The number of nitrogens with zero attached hydrogens (tertiary/aromatic N) is 5. The summed E-state index contributed by atoms with van der Waals surface area (Å²) in [7, 11) is 0. The van der Waals surface area contributed by atoms with E-state index in [0.29, 0.717) is 23.3 Å². The van der Waals surface area contributed by atoms with Gasteiger partial charge in [-0.2, -0.15) is 4.98 Å². The summed E-state index contributed by atoms with van der Waals surface area (Å²) in [6.07, 6.45) is 3.97. The molecule has 0 saturated heterocycles. The number of nitrogens with one attached hydrogen (secondary N) is 1. The third kappa shape index (κ3) is 3.44. The average Bonchev–Trinajstić information content (AvgIpc) is 3.30. The lowest BCUT2D eigenvalue weighted by atomic mass is 10.2. The van der Waals surface area contributed by atoms with E-state index < -0.39 is 11.7 Å². The molecule has 4 aromatic rings. The fraction of sp³-hybridized carbons (Fsp3) is 0.211. The molecule has 29 heavy (non-hydrogen) atoms. The highest BCUT2D eigenvalue weighted by Gasteiger charge is 2.29. The summed E-state index contributed by atoms with van der Waals surface area (Å²) < 4.78 is 20.2. The largest absolute Gasteiger partial charge is 0.345 e. The van der Waals surface area contributed by atoms with Crippen molar-refractivity contribution in [1.82, 2.24) is 30.1 Å². The average molecular weight is 413 g/mol. The molecule has 1 aromatic carbocycles. The zero-order valence-corrected chi connectivity index (χ0v) is 15.7. The van der Waals surface area contributed by atoms with Crippen LogP contribution in [0.5, 0.6) is 0 Å². The number of carbonyl (C=O) groups excluding carboxylic acids is 1. The van der Waals surface area contributed by atoms with Crippen molar-refractivity contribution < 1.29 is 13.7 Å². The van der Waals surface area contributed by atoms with E-state index in [1.165, 1.54) is 12.1 Å².